The minimum atomic E-state index is -4.59. The van der Waals surface area contributed by atoms with E-state index in [0.717, 1.165) is 19.6 Å². The number of aromatic nitrogens is 2. The van der Waals surface area contributed by atoms with Crippen molar-refractivity contribution in [3.05, 3.63) is 65.7 Å². The molecular formula is C28H27F4N5O3. The van der Waals surface area contributed by atoms with Crippen molar-refractivity contribution >= 4 is 17.5 Å². The molecule has 1 fully saturated rings. The number of benzene rings is 2. The van der Waals surface area contributed by atoms with Crippen LogP contribution in [0.5, 0.6) is 5.75 Å². The maximum absolute atomic E-state index is 13.4. The Hall–Kier alpha value is -4.37. The molecule has 0 saturated carbocycles. The van der Waals surface area contributed by atoms with Crippen molar-refractivity contribution in [2.24, 2.45) is 0 Å². The second-order valence-electron chi connectivity index (χ2n) is 9.12. The highest BCUT2D eigenvalue weighted by molar-refractivity contribution is 6.05. The van der Waals surface area contributed by atoms with Gasteiger partial charge in [-0.15, -0.1) is 0 Å². The van der Waals surface area contributed by atoms with E-state index < -0.39 is 23.6 Å². The van der Waals surface area contributed by atoms with Crippen molar-refractivity contribution in [2.75, 3.05) is 44.6 Å². The van der Waals surface area contributed by atoms with E-state index in [-0.39, 0.29) is 17.4 Å². The number of imidazole rings is 1. The van der Waals surface area contributed by atoms with Gasteiger partial charge in [0.25, 0.3) is 0 Å². The Morgan fingerprint density at radius 2 is 1.90 bits per heavy atom. The van der Waals surface area contributed by atoms with Crippen molar-refractivity contribution in [3.8, 4) is 29.0 Å². The minimum Gasteiger partial charge on any atom is -0.491 e. The predicted octanol–water partition coefficient (Wildman–Crippen LogP) is 4.16. The van der Waals surface area contributed by atoms with Gasteiger partial charge in [-0.25, -0.2) is 9.37 Å². The average Bonchev–Trinajstić information content (AvgIpc) is 3.42. The quantitative estimate of drug-likeness (QED) is 0.259. The lowest BCUT2D eigenvalue weighted by Crippen LogP contribution is -2.48. The molecule has 1 aliphatic rings. The Morgan fingerprint density at radius 3 is 2.58 bits per heavy atom. The Morgan fingerprint density at radius 1 is 1.12 bits per heavy atom. The van der Waals surface area contributed by atoms with E-state index in [9.17, 15) is 27.2 Å². The Balaban J connectivity index is 1.45. The van der Waals surface area contributed by atoms with E-state index in [1.807, 2.05) is 0 Å². The van der Waals surface area contributed by atoms with Gasteiger partial charge >= 0.3 is 12.1 Å². The molecule has 12 heteroatoms. The number of piperazine rings is 1. The van der Waals surface area contributed by atoms with Crippen molar-refractivity contribution in [3.63, 3.8) is 0 Å². The number of halogens is 4. The second kappa shape index (κ2) is 12.7. The van der Waals surface area contributed by atoms with Crippen LogP contribution < -0.4 is 10.1 Å². The van der Waals surface area contributed by atoms with Crippen LogP contribution >= 0.6 is 0 Å². The van der Waals surface area contributed by atoms with Crippen molar-refractivity contribution < 1.29 is 31.9 Å². The van der Waals surface area contributed by atoms with Crippen LogP contribution in [0.2, 0.25) is 0 Å². The first-order chi connectivity index (χ1) is 19.1. The fourth-order valence-corrected chi connectivity index (χ4v) is 4.12. The standard InChI is InChI=1S/C28H27F4N5O3/c1-19(38)37-13-11-36(12-14-37)10-3-15-40-24-8-7-21(27-33-18-25(35-27)28(30,31)32)17-23(24)34-26(39)9-6-20-4-2-5-22(29)16-20/h2,4-5,7-8,16-18H,3,10-15H2,1H3,(H,33,35)(H,34,39). The molecule has 2 N–H and O–H groups in total. The molecule has 0 unspecified atom stereocenters. The maximum Gasteiger partial charge on any atom is 0.432 e. The summed E-state index contributed by atoms with van der Waals surface area (Å²) in [4.78, 5) is 34.1. The fraction of sp³-hybridized carbons (Fsp3) is 0.321. The zero-order valence-corrected chi connectivity index (χ0v) is 21.6. The number of nitrogens with zero attached hydrogens (tertiary/aromatic N) is 3. The number of anilines is 1. The van der Waals surface area contributed by atoms with Crippen LogP contribution in [0.4, 0.5) is 23.2 Å². The third-order valence-electron chi connectivity index (χ3n) is 6.22. The van der Waals surface area contributed by atoms with Crippen LogP contribution in [0.15, 0.2) is 48.7 Å². The highest BCUT2D eigenvalue weighted by Crippen LogP contribution is 2.33. The molecule has 210 valence electrons. The summed E-state index contributed by atoms with van der Waals surface area (Å²) in [5.74, 6) is 4.06. The van der Waals surface area contributed by atoms with E-state index >= 15 is 0 Å². The molecule has 40 heavy (non-hydrogen) atoms. The monoisotopic (exact) mass is 557 g/mol. The summed E-state index contributed by atoms with van der Waals surface area (Å²) in [6.45, 7) is 5.49. The molecule has 2 amide bonds. The van der Waals surface area contributed by atoms with E-state index in [1.165, 1.54) is 36.4 Å². The third-order valence-corrected chi connectivity index (χ3v) is 6.22. The fourth-order valence-electron chi connectivity index (χ4n) is 4.12. The Bertz CT molecular complexity index is 1420. The summed E-state index contributed by atoms with van der Waals surface area (Å²) in [6, 6.07) is 9.96. The van der Waals surface area contributed by atoms with E-state index in [4.69, 9.17) is 4.74 Å². The molecule has 4 rings (SSSR count). The Kier molecular flexibility index (Phi) is 9.06. The smallest absolute Gasteiger partial charge is 0.432 e. The number of carbonyl (C=O) groups is 2. The largest absolute Gasteiger partial charge is 0.491 e. The van der Waals surface area contributed by atoms with Gasteiger partial charge in [-0.1, -0.05) is 12.0 Å². The van der Waals surface area contributed by atoms with Crippen LogP contribution in [0.1, 0.15) is 24.6 Å². The molecule has 1 aromatic heterocycles. The van der Waals surface area contributed by atoms with Crippen LogP contribution in [0.3, 0.4) is 0 Å². The lowest BCUT2D eigenvalue weighted by molar-refractivity contribution is -0.140. The number of aromatic amines is 1. The molecule has 1 saturated heterocycles. The Labute approximate surface area is 228 Å². The van der Waals surface area contributed by atoms with Gasteiger partial charge in [-0.2, -0.15) is 13.2 Å². The summed E-state index contributed by atoms with van der Waals surface area (Å²) in [5, 5.41) is 2.61. The summed E-state index contributed by atoms with van der Waals surface area (Å²) in [7, 11) is 0. The van der Waals surface area contributed by atoms with Crippen LogP contribution in [0, 0.1) is 17.7 Å². The van der Waals surface area contributed by atoms with Gasteiger partial charge in [-0.05, 0) is 42.8 Å². The summed E-state index contributed by atoms with van der Waals surface area (Å²) < 4.78 is 58.4. The minimum absolute atomic E-state index is 0.0371. The van der Waals surface area contributed by atoms with E-state index in [1.54, 1.807) is 17.9 Å². The van der Waals surface area contributed by atoms with Crippen molar-refractivity contribution in [2.45, 2.75) is 19.5 Å². The number of hydrogen-bond acceptors (Lipinski definition) is 5. The van der Waals surface area contributed by atoms with Crippen LogP contribution in [0.25, 0.3) is 11.4 Å². The highest BCUT2D eigenvalue weighted by atomic mass is 19.4. The lowest BCUT2D eigenvalue weighted by Gasteiger charge is -2.34. The van der Waals surface area contributed by atoms with Gasteiger partial charge in [0.15, 0.2) is 0 Å². The van der Waals surface area contributed by atoms with Crippen molar-refractivity contribution in [1.82, 2.24) is 19.8 Å². The molecular weight excluding hydrogens is 530 g/mol. The van der Waals surface area contributed by atoms with Gasteiger partial charge in [0.05, 0.1) is 18.5 Å². The zero-order chi connectivity index (χ0) is 28.7. The number of nitrogens with one attached hydrogen (secondary N) is 2. The summed E-state index contributed by atoms with van der Waals surface area (Å²) >= 11 is 0. The van der Waals surface area contributed by atoms with Gasteiger partial charge in [0, 0.05) is 56.7 Å². The molecule has 8 nitrogen and oxygen atoms in total. The zero-order valence-electron chi connectivity index (χ0n) is 21.6. The summed E-state index contributed by atoms with van der Waals surface area (Å²) in [6.07, 6.45) is -3.23. The number of ether oxygens (including phenoxy) is 1. The van der Waals surface area contributed by atoms with Gasteiger partial charge in [0.1, 0.15) is 23.1 Å². The van der Waals surface area contributed by atoms with Gasteiger partial charge < -0.3 is 19.9 Å². The first-order valence-corrected chi connectivity index (χ1v) is 12.5. The normalized spacial score (nSPS) is 13.9. The number of amides is 2. The highest BCUT2D eigenvalue weighted by Gasteiger charge is 2.33. The molecule has 0 aliphatic carbocycles. The van der Waals surface area contributed by atoms with E-state index in [2.05, 4.69) is 32.0 Å². The molecule has 2 aromatic carbocycles. The molecule has 0 atom stereocenters. The predicted molar refractivity (Wildman–Crippen MR) is 140 cm³/mol. The molecule has 0 bridgehead atoms. The van der Waals surface area contributed by atoms with Crippen molar-refractivity contribution in [1.29, 1.82) is 0 Å². The van der Waals surface area contributed by atoms with Crippen LogP contribution in [-0.4, -0.2) is 70.9 Å². The lowest BCUT2D eigenvalue weighted by atomic mass is 10.1. The van der Waals surface area contributed by atoms with Gasteiger partial charge in [0.2, 0.25) is 5.91 Å². The van der Waals surface area contributed by atoms with E-state index in [0.29, 0.717) is 49.2 Å². The maximum atomic E-state index is 13.4. The molecule has 1 aliphatic heterocycles. The molecule has 3 aromatic rings. The molecule has 2 heterocycles. The third kappa shape index (κ3) is 7.83. The topological polar surface area (TPSA) is 90.6 Å². The number of hydrogen-bond donors (Lipinski definition) is 2. The SMILES string of the molecule is CC(=O)N1CCN(CCCOc2ccc(-c3ncc(C(F)(F)F)[nH]3)cc2NC(=O)C#Cc2cccc(F)c2)CC1. The number of rotatable bonds is 7. The average molecular weight is 558 g/mol. The summed E-state index contributed by atoms with van der Waals surface area (Å²) in [5.41, 5.74) is -0.214. The first-order valence-electron chi connectivity index (χ1n) is 12.5. The first kappa shape index (κ1) is 28.6. The number of alkyl halides is 3. The number of H-pyrrole nitrogens is 1. The molecule has 0 spiro atoms. The second-order valence-corrected chi connectivity index (χ2v) is 9.12. The molecule has 0 radical (unpaired) electrons. The van der Waals surface area contributed by atoms with Gasteiger partial charge in [-0.3, -0.25) is 14.5 Å². The number of carbonyl (C=O) groups excluding carboxylic acids is 2. The van der Waals surface area contributed by atoms with Crippen LogP contribution in [-0.2, 0) is 15.8 Å².